The minimum atomic E-state index is -4.73. The highest BCUT2D eigenvalue weighted by Crippen LogP contribution is 2.33. The van der Waals surface area contributed by atoms with Gasteiger partial charge in [-0.3, -0.25) is 4.79 Å². The van der Waals surface area contributed by atoms with Crippen LogP contribution in [-0.4, -0.2) is 41.6 Å². The summed E-state index contributed by atoms with van der Waals surface area (Å²) >= 11 is 0. The first-order chi connectivity index (χ1) is 17.8. The summed E-state index contributed by atoms with van der Waals surface area (Å²) in [6.45, 7) is 1.26. The number of nitrogens with zero attached hydrogens (tertiary/aromatic N) is 4. The van der Waals surface area contributed by atoms with Crippen LogP contribution in [-0.2, 0) is 23.8 Å². The third-order valence-electron chi connectivity index (χ3n) is 6.29. The van der Waals surface area contributed by atoms with Crippen LogP contribution in [0.1, 0.15) is 35.4 Å². The van der Waals surface area contributed by atoms with E-state index in [0.717, 1.165) is 11.1 Å². The molecule has 1 saturated heterocycles. The van der Waals surface area contributed by atoms with E-state index in [1.165, 1.54) is 6.07 Å². The van der Waals surface area contributed by atoms with Crippen LogP contribution in [0.25, 0.3) is 11.3 Å². The summed E-state index contributed by atoms with van der Waals surface area (Å²) in [4.78, 5) is 22.2. The highest BCUT2D eigenvalue weighted by atomic mass is 19.4. The fraction of sp³-hybridized carbons (Fsp3) is 0.333. The number of rotatable bonds is 8. The molecule has 4 rings (SSSR count). The van der Waals surface area contributed by atoms with Crippen molar-refractivity contribution in [1.82, 2.24) is 15.3 Å². The van der Waals surface area contributed by atoms with Crippen molar-refractivity contribution in [3.05, 3.63) is 77.1 Å². The molecule has 1 atom stereocenters. The van der Waals surface area contributed by atoms with Crippen LogP contribution in [0.2, 0.25) is 0 Å². The zero-order chi connectivity index (χ0) is 26.4. The molecule has 10 heteroatoms. The lowest BCUT2D eigenvalue weighted by molar-refractivity contribution is -0.144. The topological polar surface area (TPSA) is 108 Å². The van der Waals surface area contributed by atoms with E-state index in [1.54, 1.807) is 29.2 Å². The first kappa shape index (κ1) is 26.1. The van der Waals surface area contributed by atoms with Gasteiger partial charge in [0.25, 0.3) is 0 Å². The van der Waals surface area contributed by atoms with Crippen LogP contribution < -0.4 is 16.0 Å². The van der Waals surface area contributed by atoms with Crippen LogP contribution in [0, 0.1) is 11.3 Å². The third kappa shape index (κ3) is 6.43. The largest absolute Gasteiger partial charge is 0.451 e. The van der Waals surface area contributed by atoms with Gasteiger partial charge in [0.2, 0.25) is 11.7 Å². The second-order valence-electron chi connectivity index (χ2n) is 8.87. The standard InChI is InChI=1S/C27H27F3N6O/c28-27(29,30)26-34-22(21-9-7-18(8-10-21)11-13-31)16-24(35-26)36-15-1-2-23(36)25(37)33-14-12-19-3-5-20(17-32)6-4-19/h3-10,16,23H,1-2,11-15,31H2,(H,33,37)/t23-/m0/s1. The Morgan fingerprint density at radius 1 is 1.08 bits per heavy atom. The smallest absolute Gasteiger partial charge is 0.354 e. The Hall–Kier alpha value is -3.97. The van der Waals surface area contributed by atoms with Gasteiger partial charge in [-0.1, -0.05) is 36.4 Å². The van der Waals surface area contributed by atoms with Crippen LogP contribution in [0.4, 0.5) is 19.0 Å². The maximum atomic E-state index is 13.7. The van der Waals surface area contributed by atoms with Gasteiger partial charge in [-0.05, 0) is 55.5 Å². The highest BCUT2D eigenvalue weighted by molar-refractivity contribution is 5.85. The highest BCUT2D eigenvalue weighted by Gasteiger charge is 2.38. The second-order valence-corrected chi connectivity index (χ2v) is 8.87. The maximum absolute atomic E-state index is 13.7. The van der Waals surface area contributed by atoms with Gasteiger partial charge in [0, 0.05) is 24.7 Å². The number of amides is 1. The number of nitriles is 1. The molecule has 0 radical (unpaired) electrons. The molecule has 37 heavy (non-hydrogen) atoms. The quantitative estimate of drug-likeness (QED) is 0.479. The molecule has 0 aliphatic carbocycles. The summed E-state index contributed by atoms with van der Waals surface area (Å²) in [7, 11) is 0. The Morgan fingerprint density at radius 2 is 1.76 bits per heavy atom. The van der Waals surface area contributed by atoms with E-state index >= 15 is 0 Å². The lowest BCUT2D eigenvalue weighted by Crippen LogP contribution is -2.44. The van der Waals surface area contributed by atoms with Crippen molar-refractivity contribution in [3.8, 4) is 17.3 Å². The Labute approximate surface area is 213 Å². The molecule has 1 aliphatic heterocycles. The second kappa shape index (κ2) is 11.4. The molecule has 3 aromatic rings. The number of benzene rings is 2. The molecule has 1 amide bonds. The summed E-state index contributed by atoms with van der Waals surface area (Å²) in [5, 5.41) is 11.8. The third-order valence-corrected chi connectivity index (χ3v) is 6.29. The average molecular weight is 509 g/mol. The maximum Gasteiger partial charge on any atom is 0.451 e. The van der Waals surface area contributed by atoms with E-state index in [0.29, 0.717) is 56.4 Å². The van der Waals surface area contributed by atoms with E-state index < -0.39 is 18.0 Å². The Kier molecular flexibility index (Phi) is 8.04. The zero-order valence-corrected chi connectivity index (χ0v) is 20.1. The van der Waals surface area contributed by atoms with E-state index in [9.17, 15) is 18.0 Å². The monoisotopic (exact) mass is 508 g/mol. The van der Waals surface area contributed by atoms with Crippen molar-refractivity contribution in [2.24, 2.45) is 5.73 Å². The van der Waals surface area contributed by atoms with Crippen molar-refractivity contribution < 1.29 is 18.0 Å². The SMILES string of the molecule is N#Cc1ccc(CCNC(=O)[C@@H]2CCCN2c2cc(-c3ccc(CCN)cc3)nc(C(F)(F)F)n2)cc1. The van der Waals surface area contributed by atoms with Crippen LogP contribution in [0.3, 0.4) is 0 Å². The van der Waals surface area contributed by atoms with Gasteiger partial charge in [-0.15, -0.1) is 0 Å². The molecule has 2 heterocycles. The average Bonchev–Trinajstić information content (AvgIpc) is 3.39. The Morgan fingerprint density at radius 3 is 2.41 bits per heavy atom. The number of hydrogen-bond donors (Lipinski definition) is 2. The van der Waals surface area contributed by atoms with Gasteiger partial charge in [0.05, 0.1) is 17.3 Å². The number of aromatic nitrogens is 2. The molecule has 1 aromatic heterocycles. The molecule has 7 nitrogen and oxygen atoms in total. The number of anilines is 1. The molecule has 0 saturated carbocycles. The predicted octanol–water partition coefficient (Wildman–Crippen LogP) is 3.86. The van der Waals surface area contributed by atoms with Crippen LogP contribution in [0.15, 0.2) is 54.6 Å². The van der Waals surface area contributed by atoms with Crippen molar-refractivity contribution in [1.29, 1.82) is 5.26 Å². The van der Waals surface area contributed by atoms with Crippen LogP contribution in [0.5, 0.6) is 0 Å². The first-order valence-electron chi connectivity index (χ1n) is 12.1. The number of halogens is 3. The number of alkyl halides is 3. The van der Waals surface area contributed by atoms with Crippen LogP contribution >= 0.6 is 0 Å². The molecule has 1 fully saturated rings. The van der Waals surface area contributed by atoms with Gasteiger partial charge < -0.3 is 16.0 Å². The molecule has 0 bridgehead atoms. The first-order valence-corrected chi connectivity index (χ1v) is 12.1. The molecule has 1 aliphatic rings. The molecule has 2 aromatic carbocycles. The number of hydrogen-bond acceptors (Lipinski definition) is 6. The fourth-order valence-corrected chi connectivity index (χ4v) is 4.37. The molecule has 3 N–H and O–H groups in total. The lowest BCUT2D eigenvalue weighted by Gasteiger charge is -2.26. The van der Waals surface area contributed by atoms with Crippen molar-refractivity contribution in [2.45, 2.75) is 37.9 Å². The normalized spacial score (nSPS) is 15.4. The molecule has 0 spiro atoms. The molecule has 192 valence electrons. The van der Waals surface area contributed by atoms with Gasteiger partial charge in [0.15, 0.2) is 0 Å². The Bertz CT molecular complexity index is 1270. The van der Waals surface area contributed by atoms with Gasteiger partial charge in [-0.2, -0.15) is 18.4 Å². The summed E-state index contributed by atoms with van der Waals surface area (Å²) in [5.74, 6) is -1.42. The van der Waals surface area contributed by atoms with Gasteiger partial charge in [0.1, 0.15) is 11.9 Å². The summed E-state index contributed by atoms with van der Waals surface area (Å²) in [5.41, 5.74) is 8.76. The Balaban J connectivity index is 1.52. The number of nitrogens with two attached hydrogens (primary N) is 1. The van der Waals surface area contributed by atoms with Crippen molar-refractivity contribution in [2.75, 3.05) is 24.5 Å². The summed E-state index contributed by atoms with van der Waals surface area (Å²) in [6.07, 6.45) is -2.33. The van der Waals surface area contributed by atoms with E-state index in [4.69, 9.17) is 11.0 Å². The molecular formula is C27H27F3N6O. The minimum absolute atomic E-state index is 0.0769. The van der Waals surface area contributed by atoms with Gasteiger partial charge >= 0.3 is 6.18 Å². The van der Waals surface area contributed by atoms with Crippen molar-refractivity contribution >= 4 is 11.7 Å². The summed E-state index contributed by atoms with van der Waals surface area (Å²) < 4.78 is 41.1. The van der Waals surface area contributed by atoms with E-state index in [-0.39, 0.29) is 17.4 Å². The predicted molar refractivity (Wildman–Crippen MR) is 133 cm³/mol. The zero-order valence-electron chi connectivity index (χ0n) is 20.1. The van der Waals surface area contributed by atoms with E-state index in [2.05, 4.69) is 21.4 Å². The number of carbonyl (C=O) groups is 1. The fourth-order valence-electron chi connectivity index (χ4n) is 4.37. The van der Waals surface area contributed by atoms with Gasteiger partial charge in [-0.25, -0.2) is 9.97 Å². The lowest BCUT2D eigenvalue weighted by atomic mass is 10.1. The molecular weight excluding hydrogens is 481 g/mol. The van der Waals surface area contributed by atoms with Crippen molar-refractivity contribution in [3.63, 3.8) is 0 Å². The molecule has 0 unspecified atom stereocenters. The summed E-state index contributed by atoms with van der Waals surface area (Å²) in [6, 6.07) is 17.1. The number of nitrogens with one attached hydrogen (secondary N) is 1. The minimum Gasteiger partial charge on any atom is -0.354 e. The number of carbonyl (C=O) groups excluding carboxylic acids is 1. The van der Waals surface area contributed by atoms with E-state index in [1.807, 2.05) is 24.3 Å².